The summed E-state index contributed by atoms with van der Waals surface area (Å²) in [5.74, 6) is -2.53. The Balaban J connectivity index is 1.60. The third-order valence-corrected chi connectivity index (χ3v) is 7.44. The third-order valence-electron chi connectivity index (χ3n) is 7.44. The number of fused-ring (bicyclic) bond motifs is 1. The first-order valence-electron chi connectivity index (χ1n) is 10.6. The predicted octanol–water partition coefficient (Wildman–Crippen LogP) is -0.0307. The topological polar surface area (TPSA) is 88.7 Å². The van der Waals surface area contributed by atoms with Gasteiger partial charge in [-0.25, -0.2) is 0 Å². The second-order valence-electron chi connectivity index (χ2n) is 9.32. The number of hydrogen-bond donors (Lipinski definition) is 5. The maximum atomic E-state index is 13.8. The lowest BCUT2D eigenvalue weighted by atomic mass is 9.69. The summed E-state index contributed by atoms with van der Waals surface area (Å²) in [5, 5.41) is 23.6. The number of nitrogens with one attached hydrogen (secondary N) is 4. The number of amides is 1. The number of rotatable bonds is 2. The number of piperazine rings is 1. The van der Waals surface area contributed by atoms with Crippen molar-refractivity contribution in [2.75, 3.05) is 26.2 Å². The van der Waals surface area contributed by atoms with E-state index < -0.39 is 41.7 Å². The van der Waals surface area contributed by atoms with Crippen molar-refractivity contribution in [3.05, 3.63) is 0 Å². The lowest BCUT2D eigenvalue weighted by Crippen LogP contribution is -2.66. The largest absolute Gasteiger partial charge is 0.391 e. The van der Waals surface area contributed by atoms with Gasteiger partial charge in [0.05, 0.1) is 18.2 Å². The molecule has 0 radical (unpaired) electrons. The standard InChI is InChI=1S/C19H32F3N5O2/c1-10-9-23-5-6-27(10)14-8-11(19(20,21)22)7-13(25-14)12-3-4-24-16-15(12)18(2,29)17(28)26-16/h10-16,23-25,29H,3-9H2,1-2H3,(H,26,28)/t10-,11?,12?,13?,14?,15?,16?,18-/m0/s1. The van der Waals surface area contributed by atoms with Gasteiger partial charge in [-0.3, -0.25) is 20.3 Å². The minimum Gasteiger partial charge on any atom is -0.380 e. The molecule has 29 heavy (non-hydrogen) atoms. The second kappa shape index (κ2) is 7.64. The van der Waals surface area contributed by atoms with Crippen molar-refractivity contribution >= 4 is 5.91 Å². The van der Waals surface area contributed by atoms with Crippen LogP contribution < -0.4 is 21.3 Å². The summed E-state index contributed by atoms with van der Waals surface area (Å²) in [4.78, 5) is 14.4. The molecule has 166 valence electrons. The summed E-state index contributed by atoms with van der Waals surface area (Å²) in [5.41, 5.74) is -1.59. The highest BCUT2D eigenvalue weighted by molar-refractivity contribution is 5.87. The first-order valence-corrected chi connectivity index (χ1v) is 10.6. The highest BCUT2D eigenvalue weighted by Crippen LogP contribution is 2.44. The first kappa shape index (κ1) is 21.3. The van der Waals surface area contributed by atoms with Crippen molar-refractivity contribution in [1.82, 2.24) is 26.2 Å². The van der Waals surface area contributed by atoms with Crippen LogP contribution in [0.1, 0.15) is 33.1 Å². The van der Waals surface area contributed by atoms with Crippen molar-refractivity contribution in [2.24, 2.45) is 17.8 Å². The maximum Gasteiger partial charge on any atom is 0.391 e. The lowest BCUT2D eigenvalue weighted by Gasteiger charge is -2.50. The molecule has 0 aromatic rings. The van der Waals surface area contributed by atoms with Crippen molar-refractivity contribution in [2.45, 2.75) is 69.3 Å². The molecule has 0 aliphatic carbocycles. The molecule has 0 bridgehead atoms. The number of carbonyl (C=O) groups excluding carboxylic acids is 1. The van der Waals surface area contributed by atoms with Crippen LogP contribution in [0.15, 0.2) is 0 Å². The first-order chi connectivity index (χ1) is 13.6. The van der Waals surface area contributed by atoms with Gasteiger partial charge in [-0.05, 0) is 45.6 Å². The van der Waals surface area contributed by atoms with Gasteiger partial charge >= 0.3 is 6.18 Å². The van der Waals surface area contributed by atoms with E-state index in [1.165, 1.54) is 6.92 Å². The van der Waals surface area contributed by atoms with Gasteiger partial charge in [0.25, 0.3) is 5.91 Å². The fraction of sp³-hybridized carbons (Fsp3) is 0.947. The smallest absolute Gasteiger partial charge is 0.380 e. The number of hydrogen-bond acceptors (Lipinski definition) is 6. The highest BCUT2D eigenvalue weighted by atomic mass is 19.4. The van der Waals surface area contributed by atoms with Gasteiger partial charge in [0.2, 0.25) is 0 Å². The average Bonchev–Trinajstić information content (AvgIpc) is 2.90. The lowest BCUT2D eigenvalue weighted by molar-refractivity contribution is -0.195. The van der Waals surface area contributed by atoms with E-state index in [1.807, 2.05) is 6.92 Å². The van der Waals surface area contributed by atoms with Crippen LogP contribution in [0.2, 0.25) is 0 Å². The van der Waals surface area contributed by atoms with Crippen LogP contribution in [0.4, 0.5) is 13.2 Å². The van der Waals surface area contributed by atoms with E-state index in [4.69, 9.17) is 0 Å². The zero-order valence-electron chi connectivity index (χ0n) is 16.9. The summed E-state index contributed by atoms with van der Waals surface area (Å²) >= 11 is 0. The Morgan fingerprint density at radius 2 is 2.00 bits per heavy atom. The Morgan fingerprint density at radius 1 is 1.24 bits per heavy atom. The van der Waals surface area contributed by atoms with Gasteiger partial charge in [-0.1, -0.05) is 0 Å². The van der Waals surface area contributed by atoms with Crippen LogP contribution in [-0.2, 0) is 4.79 Å². The number of piperidine rings is 2. The summed E-state index contributed by atoms with van der Waals surface area (Å²) < 4.78 is 41.4. The minimum atomic E-state index is -4.26. The Kier molecular flexibility index (Phi) is 5.61. The highest BCUT2D eigenvalue weighted by Gasteiger charge is 2.58. The van der Waals surface area contributed by atoms with Crippen LogP contribution >= 0.6 is 0 Å². The normalized spacial score (nSPS) is 47.0. The number of alkyl halides is 3. The number of halogens is 3. The van der Waals surface area contributed by atoms with Gasteiger partial charge in [0.15, 0.2) is 0 Å². The SMILES string of the molecule is C[C@H]1CNCCN1C1CC(C(F)(F)F)CC(C2CCNC3NC(=O)[C@@](C)(O)C32)N1. The zero-order chi connectivity index (χ0) is 21.0. The molecule has 0 aromatic heterocycles. The molecule has 10 heteroatoms. The molecule has 7 nitrogen and oxygen atoms in total. The monoisotopic (exact) mass is 419 g/mol. The molecule has 4 heterocycles. The van der Waals surface area contributed by atoms with Gasteiger partial charge in [-0.2, -0.15) is 13.2 Å². The molecule has 1 amide bonds. The molecule has 6 unspecified atom stereocenters. The molecule has 8 atom stereocenters. The molecular formula is C19H32F3N5O2. The second-order valence-corrected chi connectivity index (χ2v) is 9.32. The van der Waals surface area contributed by atoms with Crippen LogP contribution in [-0.4, -0.2) is 78.3 Å². The Morgan fingerprint density at radius 3 is 2.69 bits per heavy atom. The van der Waals surface area contributed by atoms with Crippen molar-refractivity contribution in [1.29, 1.82) is 0 Å². The van der Waals surface area contributed by atoms with Crippen molar-refractivity contribution in [3.63, 3.8) is 0 Å². The quantitative estimate of drug-likeness (QED) is 0.432. The van der Waals surface area contributed by atoms with E-state index in [1.54, 1.807) is 0 Å². The van der Waals surface area contributed by atoms with E-state index in [0.717, 1.165) is 13.1 Å². The Hall–Kier alpha value is -0.940. The summed E-state index contributed by atoms with van der Waals surface area (Å²) in [6.45, 7) is 6.33. The van der Waals surface area contributed by atoms with E-state index >= 15 is 0 Å². The predicted molar refractivity (Wildman–Crippen MR) is 101 cm³/mol. The molecule has 4 rings (SSSR count). The molecule has 0 spiro atoms. The van der Waals surface area contributed by atoms with Crippen LogP contribution in [0.5, 0.6) is 0 Å². The number of nitrogens with zero attached hydrogens (tertiary/aromatic N) is 1. The molecule has 0 saturated carbocycles. The molecule has 4 fully saturated rings. The van der Waals surface area contributed by atoms with Crippen molar-refractivity contribution < 1.29 is 23.1 Å². The molecule has 4 aliphatic rings. The third kappa shape index (κ3) is 3.89. The summed E-state index contributed by atoms with van der Waals surface area (Å²) in [7, 11) is 0. The van der Waals surface area contributed by atoms with Crippen molar-refractivity contribution in [3.8, 4) is 0 Å². The van der Waals surface area contributed by atoms with Crippen LogP contribution in [0.25, 0.3) is 0 Å². The van der Waals surface area contributed by atoms with E-state index in [-0.39, 0.29) is 31.0 Å². The van der Waals surface area contributed by atoms with Gasteiger partial charge in [0.1, 0.15) is 5.60 Å². The zero-order valence-corrected chi connectivity index (χ0v) is 16.9. The van der Waals surface area contributed by atoms with E-state index in [9.17, 15) is 23.1 Å². The van der Waals surface area contributed by atoms with E-state index in [2.05, 4.69) is 26.2 Å². The number of carbonyl (C=O) groups is 1. The van der Waals surface area contributed by atoms with Crippen LogP contribution in [0, 0.1) is 17.8 Å². The summed E-state index contributed by atoms with van der Waals surface area (Å²) in [6, 6.07) is -0.260. The molecule has 5 N–H and O–H groups in total. The Labute approximate surface area is 169 Å². The minimum absolute atomic E-state index is 0.0152. The Bertz CT molecular complexity index is 631. The molecule has 4 aliphatic heterocycles. The molecular weight excluding hydrogens is 387 g/mol. The van der Waals surface area contributed by atoms with Crippen LogP contribution in [0.3, 0.4) is 0 Å². The van der Waals surface area contributed by atoms with E-state index in [0.29, 0.717) is 19.5 Å². The summed E-state index contributed by atoms with van der Waals surface area (Å²) in [6.07, 6.45) is -4.37. The van der Waals surface area contributed by atoms with Gasteiger partial charge in [0, 0.05) is 37.6 Å². The fourth-order valence-corrected chi connectivity index (χ4v) is 5.90. The average molecular weight is 419 g/mol. The maximum absolute atomic E-state index is 13.8. The number of aliphatic hydroxyl groups is 1. The van der Waals surface area contributed by atoms with Gasteiger partial charge in [-0.15, -0.1) is 0 Å². The van der Waals surface area contributed by atoms with Gasteiger partial charge < -0.3 is 15.7 Å². The fourth-order valence-electron chi connectivity index (χ4n) is 5.90. The molecule has 4 saturated heterocycles. The molecule has 0 aromatic carbocycles.